The zero-order valence-electron chi connectivity index (χ0n) is 11.7. The number of hydrogen-bond donors (Lipinski definition) is 0. The summed E-state index contributed by atoms with van der Waals surface area (Å²) in [5.41, 5.74) is 1.47. The molecular formula is C13H23NO2Si. The summed E-state index contributed by atoms with van der Waals surface area (Å²) in [4.78, 5) is 0. The zero-order chi connectivity index (χ0) is 13.3. The van der Waals surface area contributed by atoms with Crippen molar-refractivity contribution in [2.75, 3.05) is 0 Å². The van der Waals surface area contributed by atoms with Gasteiger partial charge in [-0.2, -0.15) is 4.73 Å². The highest BCUT2D eigenvalue weighted by molar-refractivity contribution is 6.31. The van der Waals surface area contributed by atoms with Crippen LogP contribution in [0.25, 0.3) is 0 Å². The van der Waals surface area contributed by atoms with E-state index in [9.17, 15) is 5.21 Å². The van der Waals surface area contributed by atoms with Crippen LogP contribution in [0.1, 0.15) is 45.9 Å². The van der Waals surface area contributed by atoms with Crippen molar-refractivity contribution in [2.45, 2.75) is 52.2 Å². The average Bonchev–Trinajstić information content (AvgIpc) is 2.18. The molecule has 0 spiro atoms. The molecule has 1 rings (SSSR count). The molecule has 1 heterocycles. The molecule has 1 aromatic rings. The Labute approximate surface area is 106 Å². The van der Waals surface area contributed by atoms with Crippen LogP contribution in [-0.4, -0.2) is 9.76 Å². The molecule has 0 saturated carbocycles. The Morgan fingerprint density at radius 2 is 1.82 bits per heavy atom. The van der Waals surface area contributed by atoms with E-state index in [2.05, 4.69) is 34.6 Å². The minimum atomic E-state index is -0.605. The van der Waals surface area contributed by atoms with Gasteiger partial charge in [-0.25, -0.2) is 0 Å². The molecule has 0 atom stereocenters. The molecule has 0 unspecified atom stereocenters. The fraction of sp³-hybridized carbons (Fsp3) is 0.615. The van der Waals surface area contributed by atoms with Gasteiger partial charge in [0.15, 0.2) is 21.7 Å². The zero-order valence-corrected chi connectivity index (χ0v) is 13.1. The minimum absolute atomic E-state index is 0.277. The van der Waals surface area contributed by atoms with E-state index in [0.717, 1.165) is 10.3 Å². The van der Waals surface area contributed by atoms with Crippen LogP contribution in [0.3, 0.4) is 0 Å². The largest absolute Gasteiger partial charge is 0.619 e. The number of pyridine rings is 1. The molecule has 0 aromatic carbocycles. The number of aryl methyl sites for hydroxylation is 1. The van der Waals surface area contributed by atoms with E-state index in [1.165, 1.54) is 0 Å². The second kappa shape index (κ2) is 4.78. The van der Waals surface area contributed by atoms with E-state index < -0.39 is 9.76 Å². The summed E-state index contributed by atoms with van der Waals surface area (Å²) in [5, 5.41) is 11.6. The molecule has 1 aromatic heterocycles. The summed E-state index contributed by atoms with van der Waals surface area (Å²) >= 11 is 0. The summed E-state index contributed by atoms with van der Waals surface area (Å²) < 4.78 is 6.98. The number of rotatable bonds is 3. The molecule has 4 heteroatoms. The van der Waals surface area contributed by atoms with Crippen molar-refractivity contribution in [3.63, 3.8) is 0 Å². The van der Waals surface area contributed by atoms with Gasteiger partial charge in [0.05, 0.1) is 5.60 Å². The maximum Gasteiger partial charge on any atom is 0.190 e. The first-order valence-electron chi connectivity index (χ1n) is 5.96. The van der Waals surface area contributed by atoms with Crippen LogP contribution in [0.4, 0.5) is 0 Å². The van der Waals surface area contributed by atoms with Crippen LogP contribution < -0.4 is 4.73 Å². The average molecular weight is 253 g/mol. The minimum Gasteiger partial charge on any atom is -0.619 e. The molecule has 96 valence electrons. The standard InChI is InChI=1S/C13H23NO2Si/c1-10-9-11(7-8-14(10)15)13(5,6)16-17-12(2,3)4/h7-9H,17H2,1-6H3. The normalized spacial score (nSPS) is 13.5. The molecule has 0 N–H and O–H groups in total. The van der Waals surface area contributed by atoms with Crippen molar-refractivity contribution in [1.29, 1.82) is 0 Å². The van der Waals surface area contributed by atoms with Gasteiger partial charge in [-0.3, -0.25) is 0 Å². The van der Waals surface area contributed by atoms with E-state index in [1.54, 1.807) is 6.20 Å². The van der Waals surface area contributed by atoms with Crippen LogP contribution in [0.15, 0.2) is 18.3 Å². The van der Waals surface area contributed by atoms with Crippen molar-refractivity contribution in [1.82, 2.24) is 0 Å². The summed E-state index contributed by atoms with van der Waals surface area (Å²) in [5.74, 6) is 0. The lowest BCUT2D eigenvalue weighted by Gasteiger charge is -2.30. The fourth-order valence-electron chi connectivity index (χ4n) is 1.46. The molecule has 0 fully saturated rings. The van der Waals surface area contributed by atoms with Crippen molar-refractivity contribution in [2.24, 2.45) is 0 Å². The molecule has 17 heavy (non-hydrogen) atoms. The smallest absolute Gasteiger partial charge is 0.190 e. The Hall–Kier alpha value is -0.873. The Morgan fingerprint density at radius 3 is 2.29 bits per heavy atom. The molecule has 0 aliphatic carbocycles. The van der Waals surface area contributed by atoms with E-state index >= 15 is 0 Å². The molecule has 0 radical (unpaired) electrons. The predicted molar refractivity (Wildman–Crippen MR) is 72.5 cm³/mol. The Balaban J connectivity index is 2.85. The van der Waals surface area contributed by atoms with Crippen molar-refractivity contribution in [3.05, 3.63) is 34.8 Å². The maximum absolute atomic E-state index is 11.3. The lowest BCUT2D eigenvalue weighted by molar-refractivity contribution is -0.612. The van der Waals surface area contributed by atoms with Gasteiger partial charge in [-0.05, 0) is 24.4 Å². The van der Waals surface area contributed by atoms with Gasteiger partial charge >= 0.3 is 0 Å². The van der Waals surface area contributed by atoms with Crippen LogP contribution in [0.5, 0.6) is 0 Å². The Bertz CT molecular complexity index is 397. The highest BCUT2D eigenvalue weighted by Gasteiger charge is 2.25. The van der Waals surface area contributed by atoms with Gasteiger partial charge < -0.3 is 9.63 Å². The van der Waals surface area contributed by atoms with Gasteiger partial charge in [-0.15, -0.1) is 0 Å². The number of hydrogen-bond acceptors (Lipinski definition) is 2. The summed E-state index contributed by atoms with van der Waals surface area (Å²) in [6.07, 6.45) is 1.55. The Kier molecular flexibility index (Phi) is 3.99. The van der Waals surface area contributed by atoms with Crippen LogP contribution >= 0.6 is 0 Å². The topological polar surface area (TPSA) is 36.2 Å². The first kappa shape index (κ1) is 14.2. The molecule has 0 bridgehead atoms. The van der Waals surface area contributed by atoms with Gasteiger partial charge in [0.25, 0.3) is 0 Å². The molecule has 0 amide bonds. The van der Waals surface area contributed by atoms with E-state index in [4.69, 9.17) is 4.43 Å². The van der Waals surface area contributed by atoms with Crippen LogP contribution in [0.2, 0.25) is 5.04 Å². The van der Waals surface area contributed by atoms with Crippen molar-refractivity contribution in [3.8, 4) is 0 Å². The van der Waals surface area contributed by atoms with Gasteiger partial charge in [0, 0.05) is 19.1 Å². The molecule has 0 aliphatic heterocycles. The van der Waals surface area contributed by atoms with E-state index in [1.807, 2.05) is 19.1 Å². The van der Waals surface area contributed by atoms with Gasteiger partial charge in [-0.1, -0.05) is 20.8 Å². The molecule has 0 aliphatic rings. The SMILES string of the molecule is Cc1cc(C(C)(C)O[SiH2]C(C)(C)C)cc[n+]1[O-]. The monoisotopic (exact) mass is 253 g/mol. The first-order valence-corrected chi connectivity index (χ1v) is 7.24. The van der Waals surface area contributed by atoms with Crippen LogP contribution in [-0.2, 0) is 10.0 Å². The van der Waals surface area contributed by atoms with Crippen molar-refractivity contribution >= 4 is 9.76 Å². The lowest BCUT2D eigenvalue weighted by Crippen LogP contribution is -2.33. The maximum atomic E-state index is 11.3. The van der Waals surface area contributed by atoms with Gasteiger partial charge in [0.1, 0.15) is 0 Å². The molecule has 3 nitrogen and oxygen atoms in total. The Morgan fingerprint density at radius 1 is 1.24 bits per heavy atom. The van der Waals surface area contributed by atoms with Crippen LogP contribution in [0, 0.1) is 12.1 Å². The number of nitrogens with zero attached hydrogens (tertiary/aromatic N) is 1. The first-order chi connectivity index (χ1) is 7.62. The van der Waals surface area contributed by atoms with E-state index in [0.29, 0.717) is 5.69 Å². The van der Waals surface area contributed by atoms with Gasteiger partial charge in [0.2, 0.25) is 0 Å². The summed E-state index contributed by atoms with van der Waals surface area (Å²) in [7, 11) is -0.605. The highest BCUT2D eigenvalue weighted by Crippen LogP contribution is 2.29. The predicted octanol–water partition coefficient (Wildman–Crippen LogP) is 2.18. The summed E-state index contributed by atoms with van der Waals surface area (Å²) in [6, 6.07) is 3.75. The second-order valence-electron chi connectivity index (χ2n) is 6.24. The quantitative estimate of drug-likeness (QED) is 0.470. The number of aromatic nitrogens is 1. The third-order valence-electron chi connectivity index (χ3n) is 2.66. The fourth-order valence-corrected chi connectivity index (χ4v) is 2.42. The third-order valence-corrected chi connectivity index (χ3v) is 4.39. The molecular weight excluding hydrogens is 230 g/mol. The summed E-state index contributed by atoms with van der Waals surface area (Å²) in [6.45, 7) is 12.6. The highest BCUT2D eigenvalue weighted by atomic mass is 28.2. The third kappa shape index (κ3) is 4.13. The molecule has 0 saturated heterocycles. The van der Waals surface area contributed by atoms with Crippen molar-refractivity contribution < 1.29 is 9.16 Å². The van der Waals surface area contributed by atoms with E-state index in [-0.39, 0.29) is 10.6 Å². The second-order valence-corrected chi connectivity index (χ2v) is 8.94. The lowest BCUT2D eigenvalue weighted by atomic mass is 9.99.